The number of thiazole rings is 1. The van der Waals surface area contributed by atoms with Crippen LogP contribution in [0.2, 0.25) is 5.02 Å². The molecule has 2 aromatic carbocycles. The molecule has 1 aliphatic heterocycles. The van der Waals surface area contributed by atoms with Crippen molar-refractivity contribution in [1.82, 2.24) is 10.3 Å². The Morgan fingerprint density at radius 2 is 2.13 bits per heavy atom. The first-order chi connectivity index (χ1) is 14.5. The van der Waals surface area contributed by atoms with Crippen LogP contribution in [0.25, 0.3) is 10.2 Å². The lowest BCUT2D eigenvalue weighted by atomic mass is 10.1. The zero-order chi connectivity index (χ0) is 21.1. The molecule has 0 saturated carbocycles. The van der Waals surface area contributed by atoms with Crippen LogP contribution in [0.5, 0.6) is 0 Å². The molecule has 9 heteroatoms. The normalized spacial score (nSPS) is 15.9. The van der Waals surface area contributed by atoms with Gasteiger partial charge in [-0.05, 0) is 49.6 Å². The minimum absolute atomic E-state index is 0.0777. The number of nitrogens with one attached hydrogen (secondary N) is 3. The Morgan fingerprint density at radius 3 is 2.90 bits per heavy atom. The molecule has 0 aliphatic carbocycles. The van der Waals surface area contributed by atoms with Gasteiger partial charge in [-0.15, -0.1) is 0 Å². The Bertz CT molecular complexity index is 1070. The number of rotatable bonds is 5. The van der Waals surface area contributed by atoms with Crippen molar-refractivity contribution < 1.29 is 14.3 Å². The average Bonchev–Trinajstić information content (AvgIpc) is 3.37. The van der Waals surface area contributed by atoms with Crippen LogP contribution in [0.4, 0.5) is 15.6 Å². The van der Waals surface area contributed by atoms with E-state index in [1.54, 1.807) is 24.3 Å². The molecule has 1 aromatic heterocycles. The van der Waals surface area contributed by atoms with Crippen LogP contribution in [0, 0.1) is 6.92 Å². The van der Waals surface area contributed by atoms with E-state index in [1.165, 1.54) is 11.3 Å². The van der Waals surface area contributed by atoms with Crippen molar-refractivity contribution in [1.29, 1.82) is 0 Å². The Kier molecular flexibility index (Phi) is 6.17. The molecule has 156 valence electrons. The second-order valence-corrected chi connectivity index (χ2v) is 8.50. The summed E-state index contributed by atoms with van der Waals surface area (Å²) in [6.07, 6.45) is 2.06. The van der Waals surface area contributed by atoms with E-state index < -0.39 is 0 Å². The van der Waals surface area contributed by atoms with Gasteiger partial charge in [-0.1, -0.05) is 35.1 Å². The summed E-state index contributed by atoms with van der Waals surface area (Å²) in [6, 6.07) is 10.3. The van der Waals surface area contributed by atoms with Crippen molar-refractivity contribution in [2.75, 3.05) is 23.8 Å². The molecule has 1 saturated heterocycles. The van der Waals surface area contributed by atoms with Crippen LogP contribution in [0.3, 0.4) is 0 Å². The summed E-state index contributed by atoms with van der Waals surface area (Å²) < 4.78 is 6.29. The van der Waals surface area contributed by atoms with Gasteiger partial charge in [0.05, 0.1) is 27.0 Å². The fourth-order valence-electron chi connectivity index (χ4n) is 3.25. The summed E-state index contributed by atoms with van der Waals surface area (Å²) in [5, 5.41) is 9.36. The molecule has 4 rings (SSSR count). The van der Waals surface area contributed by atoms with Gasteiger partial charge in [0, 0.05) is 18.7 Å². The summed E-state index contributed by atoms with van der Waals surface area (Å²) in [4.78, 5) is 29.2. The SMILES string of the molecule is Cc1cccc(Cl)c1NC(=O)c1ccc2nc(NC(=O)NCC3CCCO3)sc2c1. The topological polar surface area (TPSA) is 92.4 Å². The number of hydrogen-bond acceptors (Lipinski definition) is 5. The Morgan fingerprint density at radius 1 is 1.27 bits per heavy atom. The number of anilines is 2. The van der Waals surface area contributed by atoms with Gasteiger partial charge in [-0.2, -0.15) is 0 Å². The monoisotopic (exact) mass is 444 g/mol. The molecule has 3 aromatic rings. The molecule has 0 spiro atoms. The number of hydrogen-bond donors (Lipinski definition) is 3. The van der Waals surface area contributed by atoms with Crippen LogP contribution >= 0.6 is 22.9 Å². The number of ether oxygens (including phenoxy) is 1. The number of amides is 3. The van der Waals surface area contributed by atoms with Crippen molar-refractivity contribution in [3.8, 4) is 0 Å². The zero-order valence-electron chi connectivity index (χ0n) is 16.3. The van der Waals surface area contributed by atoms with Gasteiger partial charge in [0.1, 0.15) is 0 Å². The van der Waals surface area contributed by atoms with Crippen molar-refractivity contribution in [3.05, 3.63) is 52.5 Å². The molecule has 0 bridgehead atoms. The van der Waals surface area contributed by atoms with Gasteiger partial charge >= 0.3 is 6.03 Å². The van der Waals surface area contributed by atoms with Crippen LogP contribution < -0.4 is 16.0 Å². The number of fused-ring (bicyclic) bond motifs is 1. The van der Waals surface area contributed by atoms with E-state index >= 15 is 0 Å². The number of halogens is 1. The van der Waals surface area contributed by atoms with E-state index in [1.807, 2.05) is 19.1 Å². The number of carbonyl (C=O) groups is 2. The highest BCUT2D eigenvalue weighted by molar-refractivity contribution is 7.22. The average molecular weight is 445 g/mol. The Hall–Kier alpha value is -2.68. The fraction of sp³-hybridized carbons (Fsp3) is 0.286. The summed E-state index contributed by atoms with van der Waals surface area (Å²) >= 11 is 7.51. The highest BCUT2D eigenvalue weighted by Gasteiger charge is 2.17. The predicted molar refractivity (Wildman–Crippen MR) is 120 cm³/mol. The van der Waals surface area contributed by atoms with Crippen molar-refractivity contribution in [2.45, 2.75) is 25.9 Å². The highest BCUT2D eigenvalue weighted by atomic mass is 35.5. The molecule has 1 aliphatic rings. The molecule has 7 nitrogen and oxygen atoms in total. The first-order valence-electron chi connectivity index (χ1n) is 9.63. The van der Waals surface area contributed by atoms with Gasteiger partial charge in [-0.3, -0.25) is 10.1 Å². The van der Waals surface area contributed by atoms with Crippen molar-refractivity contribution >= 4 is 55.9 Å². The first kappa shape index (κ1) is 20.6. The van der Waals surface area contributed by atoms with Crippen LogP contribution in [0.15, 0.2) is 36.4 Å². The van der Waals surface area contributed by atoms with E-state index in [2.05, 4.69) is 20.9 Å². The highest BCUT2D eigenvalue weighted by Crippen LogP contribution is 2.29. The van der Waals surface area contributed by atoms with E-state index in [0.717, 1.165) is 29.7 Å². The molecule has 2 heterocycles. The molecule has 1 atom stereocenters. The van der Waals surface area contributed by atoms with E-state index in [-0.39, 0.29) is 18.0 Å². The molecule has 30 heavy (non-hydrogen) atoms. The predicted octanol–water partition coefficient (Wildman–Crippen LogP) is 4.81. The minimum atomic E-state index is -0.322. The molecule has 1 fully saturated rings. The maximum atomic E-state index is 12.7. The fourth-order valence-corrected chi connectivity index (χ4v) is 4.42. The third-order valence-corrected chi connectivity index (χ3v) is 6.09. The Balaban J connectivity index is 1.43. The second kappa shape index (κ2) is 8.99. The molecular formula is C21H21ClN4O3S. The van der Waals surface area contributed by atoms with E-state index in [9.17, 15) is 9.59 Å². The van der Waals surface area contributed by atoms with Crippen LogP contribution in [0.1, 0.15) is 28.8 Å². The maximum Gasteiger partial charge on any atom is 0.321 e. The lowest BCUT2D eigenvalue weighted by molar-refractivity contribution is 0.102. The van der Waals surface area contributed by atoms with Gasteiger partial charge in [-0.25, -0.2) is 9.78 Å². The molecular weight excluding hydrogens is 424 g/mol. The lowest BCUT2D eigenvalue weighted by Crippen LogP contribution is -2.34. The third-order valence-electron chi connectivity index (χ3n) is 4.85. The summed E-state index contributed by atoms with van der Waals surface area (Å²) in [5.41, 5.74) is 2.67. The zero-order valence-corrected chi connectivity index (χ0v) is 17.9. The van der Waals surface area contributed by atoms with Gasteiger partial charge in [0.25, 0.3) is 5.91 Å². The molecule has 3 amide bonds. The van der Waals surface area contributed by atoms with Crippen LogP contribution in [-0.2, 0) is 4.74 Å². The summed E-state index contributed by atoms with van der Waals surface area (Å²) in [7, 11) is 0. The minimum Gasteiger partial charge on any atom is -0.376 e. The maximum absolute atomic E-state index is 12.7. The van der Waals surface area contributed by atoms with Crippen molar-refractivity contribution in [2.24, 2.45) is 0 Å². The van der Waals surface area contributed by atoms with E-state index in [0.29, 0.717) is 33.5 Å². The van der Waals surface area contributed by atoms with Gasteiger partial charge in [0.15, 0.2) is 5.13 Å². The standard InChI is InChI=1S/C21H21ClN4O3S/c1-12-4-2-6-15(22)18(12)25-19(27)13-7-8-16-17(10-13)30-21(24-16)26-20(28)23-11-14-5-3-9-29-14/h2,4,6-8,10,14H,3,5,9,11H2,1H3,(H,25,27)(H2,23,24,26,28). The summed E-state index contributed by atoms with van der Waals surface area (Å²) in [6.45, 7) is 3.11. The lowest BCUT2D eigenvalue weighted by Gasteiger charge is -2.10. The molecule has 1 unspecified atom stereocenters. The number of aromatic nitrogens is 1. The van der Waals surface area contributed by atoms with Crippen molar-refractivity contribution in [3.63, 3.8) is 0 Å². The largest absolute Gasteiger partial charge is 0.376 e. The Labute approximate surface area is 182 Å². The third kappa shape index (κ3) is 4.72. The van der Waals surface area contributed by atoms with Crippen LogP contribution in [-0.4, -0.2) is 36.2 Å². The number of aryl methyl sites for hydroxylation is 1. The number of carbonyl (C=O) groups excluding carboxylic acids is 2. The number of para-hydroxylation sites is 1. The first-order valence-corrected chi connectivity index (χ1v) is 10.8. The summed E-state index contributed by atoms with van der Waals surface area (Å²) in [5.74, 6) is -0.259. The van der Waals surface area contributed by atoms with Gasteiger partial charge in [0.2, 0.25) is 0 Å². The van der Waals surface area contributed by atoms with Gasteiger partial charge < -0.3 is 15.4 Å². The smallest absolute Gasteiger partial charge is 0.321 e. The second-order valence-electron chi connectivity index (χ2n) is 7.06. The molecule has 0 radical (unpaired) electrons. The van der Waals surface area contributed by atoms with E-state index in [4.69, 9.17) is 16.3 Å². The number of urea groups is 1. The quantitative estimate of drug-likeness (QED) is 0.526. The molecule has 3 N–H and O–H groups in total. The number of nitrogens with zero attached hydrogens (tertiary/aromatic N) is 1. The number of benzene rings is 2.